The van der Waals surface area contributed by atoms with Gasteiger partial charge in [0, 0.05) is 18.3 Å². The highest BCUT2D eigenvalue weighted by Gasteiger charge is 2.10. The van der Waals surface area contributed by atoms with E-state index in [4.69, 9.17) is 32.4 Å². The third-order valence-corrected chi connectivity index (χ3v) is 4.15. The van der Waals surface area contributed by atoms with Crippen LogP contribution in [-0.4, -0.2) is 15.6 Å². The summed E-state index contributed by atoms with van der Waals surface area (Å²) in [6, 6.07) is 8.56. The zero-order valence-corrected chi connectivity index (χ0v) is 15.7. The van der Waals surface area contributed by atoms with Crippen LogP contribution in [0.3, 0.4) is 0 Å². The van der Waals surface area contributed by atoms with Crippen molar-refractivity contribution >= 4 is 35.1 Å². The second kappa shape index (κ2) is 7.81. The fraction of sp³-hybridized carbons (Fsp3) is 0.158. The molecule has 0 aliphatic rings. The molecule has 0 aliphatic carbocycles. The number of ketones is 1. The van der Waals surface area contributed by atoms with Gasteiger partial charge >= 0.3 is 0 Å². The lowest BCUT2D eigenvalue weighted by Crippen LogP contribution is -1.94. The van der Waals surface area contributed by atoms with Gasteiger partial charge < -0.3 is 9.15 Å². The van der Waals surface area contributed by atoms with Crippen LogP contribution >= 0.6 is 23.2 Å². The number of aryl methyl sites for hydroxylation is 2. The highest BCUT2D eigenvalue weighted by Crippen LogP contribution is 2.28. The van der Waals surface area contributed by atoms with Gasteiger partial charge in [-0.15, -0.1) is 0 Å². The van der Waals surface area contributed by atoms with E-state index in [1.54, 1.807) is 61.3 Å². The number of nitrogens with zero attached hydrogens (tertiary/aromatic N) is 2. The van der Waals surface area contributed by atoms with Crippen molar-refractivity contribution in [3.63, 3.8) is 0 Å². The summed E-state index contributed by atoms with van der Waals surface area (Å²) in [6.45, 7) is 2.01. The molecule has 26 heavy (non-hydrogen) atoms. The van der Waals surface area contributed by atoms with Crippen molar-refractivity contribution in [2.45, 2.75) is 13.5 Å². The number of carbonyl (C=O) groups excluding carboxylic acids is 1. The van der Waals surface area contributed by atoms with Crippen molar-refractivity contribution in [3.8, 4) is 5.75 Å². The smallest absolute Gasteiger partial charge is 0.189 e. The van der Waals surface area contributed by atoms with Crippen molar-refractivity contribution in [3.05, 3.63) is 75.4 Å². The molecule has 1 aromatic carbocycles. The molecule has 7 heteroatoms. The topological polar surface area (TPSA) is 57.3 Å². The van der Waals surface area contributed by atoms with Gasteiger partial charge in [-0.2, -0.15) is 5.10 Å². The molecule has 3 rings (SSSR count). The van der Waals surface area contributed by atoms with E-state index >= 15 is 0 Å². The number of allylic oxidation sites excluding steroid dienone is 1. The van der Waals surface area contributed by atoms with E-state index < -0.39 is 0 Å². The van der Waals surface area contributed by atoms with Crippen LogP contribution in [-0.2, 0) is 13.7 Å². The van der Waals surface area contributed by atoms with Gasteiger partial charge in [-0.05, 0) is 49.4 Å². The van der Waals surface area contributed by atoms with Crippen molar-refractivity contribution in [1.29, 1.82) is 0 Å². The highest BCUT2D eigenvalue weighted by atomic mass is 35.5. The fourth-order valence-electron chi connectivity index (χ4n) is 2.39. The van der Waals surface area contributed by atoms with Crippen LogP contribution in [0.5, 0.6) is 5.75 Å². The lowest BCUT2D eigenvalue weighted by molar-refractivity contribution is 0.104. The van der Waals surface area contributed by atoms with Crippen LogP contribution < -0.4 is 4.74 Å². The Bertz CT molecular complexity index is 973. The molecule has 0 saturated carbocycles. The van der Waals surface area contributed by atoms with Gasteiger partial charge in [-0.25, -0.2) is 0 Å². The van der Waals surface area contributed by atoms with Gasteiger partial charge in [0.2, 0.25) is 0 Å². The molecular weight excluding hydrogens is 375 g/mol. The first-order valence-corrected chi connectivity index (χ1v) is 8.57. The molecule has 0 fully saturated rings. The van der Waals surface area contributed by atoms with Crippen molar-refractivity contribution in [2.24, 2.45) is 7.05 Å². The molecule has 0 atom stereocenters. The highest BCUT2D eigenvalue weighted by molar-refractivity contribution is 6.35. The van der Waals surface area contributed by atoms with E-state index in [-0.39, 0.29) is 12.4 Å². The first-order valence-electron chi connectivity index (χ1n) is 7.81. The number of carbonyl (C=O) groups is 1. The van der Waals surface area contributed by atoms with Crippen LogP contribution in [0.2, 0.25) is 10.0 Å². The maximum absolute atomic E-state index is 12.2. The minimum absolute atomic E-state index is 0.127. The summed E-state index contributed by atoms with van der Waals surface area (Å²) in [5, 5.41) is 5.13. The molecule has 5 nitrogen and oxygen atoms in total. The lowest BCUT2D eigenvalue weighted by Gasteiger charge is -2.06. The number of furan rings is 1. The predicted octanol–water partition coefficient (Wildman–Crippen LogP) is 5.10. The molecule has 2 aromatic heterocycles. The second-order valence-electron chi connectivity index (χ2n) is 5.67. The van der Waals surface area contributed by atoms with Crippen LogP contribution in [0, 0.1) is 6.92 Å². The largest absolute Gasteiger partial charge is 0.484 e. The average Bonchev–Trinajstić information content (AvgIpc) is 3.18. The Kier molecular flexibility index (Phi) is 5.49. The first kappa shape index (κ1) is 18.3. The summed E-state index contributed by atoms with van der Waals surface area (Å²) in [5.74, 6) is 1.56. The third-order valence-electron chi connectivity index (χ3n) is 3.62. The van der Waals surface area contributed by atoms with Gasteiger partial charge in [-0.3, -0.25) is 9.48 Å². The fourth-order valence-corrected chi connectivity index (χ4v) is 2.85. The number of halogens is 2. The van der Waals surface area contributed by atoms with Crippen molar-refractivity contribution < 1.29 is 13.9 Å². The zero-order valence-electron chi connectivity index (χ0n) is 14.2. The van der Waals surface area contributed by atoms with Crippen molar-refractivity contribution in [2.75, 3.05) is 0 Å². The summed E-state index contributed by atoms with van der Waals surface area (Å²) in [7, 11) is 1.78. The molecule has 0 bridgehead atoms. The Morgan fingerprint density at radius 3 is 2.81 bits per heavy atom. The number of rotatable bonds is 6. The molecule has 0 saturated heterocycles. The van der Waals surface area contributed by atoms with Crippen LogP contribution in [0.4, 0.5) is 0 Å². The minimum atomic E-state index is -0.127. The monoisotopic (exact) mass is 390 g/mol. The zero-order chi connectivity index (χ0) is 18.7. The van der Waals surface area contributed by atoms with E-state index in [1.165, 1.54) is 6.08 Å². The van der Waals surface area contributed by atoms with E-state index in [1.807, 2.05) is 0 Å². The molecule has 0 unspecified atom stereocenters. The maximum atomic E-state index is 12.2. The number of ether oxygens (including phenoxy) is 1. The molecule has 0 aliphatic heterocycles. The predicted molar refractivity (Wildman–Crippen MR) is 101 cm³/mol. The molecule has 2 heterocycles. The van der Waals surface area contributed by atoms with E-state index in [2.05, 4.69) is 5.10 Å². The van der Waals surface area contributed by atoms with Crippen LogP contribution in [0.1, 0.15) is 27.6 Å². The summed E-state index contributed by atoms with van der Waals surface area (Å²) < 4.78 is 12.9. The van der Waals surface area contributed by atoms with E-state index in [9.17, 15) is 4.79 Å². The van der Waals surface area contributed by atoms with Gasteiger partial charge in [0.25, 0.3) is 0 Å². The second-order valence-corrected chi connectivity index (χ2v) is 6.51. The van der Waals surface area contributed by atoms with Crippen LogP contribution in [0.15, 0.2) is 47.0 Å². The van der Waals surface area contributed by atoms with Gasteiger partial charge in [0.05, 0.1) is 16.3 Å². The third kappa shape index (κ3) is 4.36. The van der Waals surface area contributed by atoms with Gasteiger partial charge in [0.1, 0.15) is 23.9 Å². The van der Waals surface area contributed by atoms with Crippen molar-refractivity contribution in [1.82, 2.24) is 9.78 Å². The van der Waals surface area contributed by atoms with Crippen LogP contribution in [0.25, 0.3) is 6.08 Å². The molecule has 0 amide bonds. The number of benzene rings is 1. The molecule has 0 N–H and O–H groups in total. The molecule has 0 radical (unpaired) electrons. The number of hydrogen-bond acceptors (Lipinski definition) is 4. The molecule has 0 spiro atoms. The summed E-state index contributed by atoms with van der Waals surface area (Å²) in [5.41, 5.74) is 1.26. The lowest BCUT2D eigenvalue weighted by atomic mass is 10.1. The Hall–Kier alpha value is -2.50. The maximum Gasteiger partial charge on any atom is 0.189 e. The average molecular weight is 391 g/mol. The normalized spacial score (nSPS) is 11.2. The minimum Gasteiger partial charge on any atom is -0.484 e. The van der Waals surface area contributed by atoms with Gasteiger partial charge in [0.15, 0.2) is 5.78 Å². The summed E-state index contributed by atoms with van der Waals surface area (Å²) in [6.07, 6.45) is 4.77. The number of hydrogen-bond donors (Lipinski definition) is 0. The first-order chi connectivity index (χ1) is 12.4. The Labute approximate surface area is 160 Å². The summed E-state index contributed by atoms with van der Waals surface area (Å²) in [4.78, 5) is 12.2. The Balaban J connectivity index is 1.62. The quantitative estimate of drug-likeness (QED) is 0.433. The van der Waals surface area contributed by atoms with E-state index in [0.29, 0.717) is 38.6 Å². The number of aromatic nitrogens is 2. The van der Waals surface area contributed by atoms with E-state index in [0.717, 1.165) is 0 Å². The Morgan fingerprint density at radius 1 is 1.31 bits per heavy atom. The standard InChI is InChI=1S/C19H16Cl2N2O3/c1-12-16(10-23(2)22-12)18(24)7-6-14-4-5-15(26-14)11-25-19-8-3-13(20)9-17(19)21/h3-10H,11H2,1-2H3/b7-6-. The SMILES string of the molecule is Cc1nn(C)cc1C(=O)/C=C\c1ccc(COc2ccc(Cl)cc2Cl)o1. The molecular formula is C19H16Cl2N2O3. The molecule has 3 aromatic rings. The summed E-state index contributed by atoms with van der Waals surface area (Å²) >= 11 is 11.9. The van der Waals surface area contributed by atoms with Gasteiger partial charge in [-0.1, -0.05) is 23.2 Å². The molecule has 134 valence electrons. The Morgan fingerprint density at radius 2 is 2.12 bits per heavy atom.